The summed E-state index contributed by atoms with van der Waals surface area (Å²) >= 11 is 0. The Morgan fingerprint density at radius 2 is 1.68 bits per heavy atom. The summed E-state index contributed by atoms with van der Waals surface area (Å²) < 4.78 is 10.5. The molecule has 0 saturated heterocycles. The second-order valence-corrected chi connectivity index (χ2v) is 5.57. The number of hydrogen-bond donors (Lipinski definition) is 0. The van der Waals surface area contributed by atoms with Gasteiger partial charge < -0.3 is 9.47 Å². The van der Waals surface area contributed by atoms with Gasteiger partial charge in [-0.25, -0.2) is 0 Å². The summed E-state index contributed by atoms with van der Waals surface area (Å²) in [6, 6.07) is 5.48. The number of ketones is 1. The predicted octanol–water partition coefficient (Wildman–Crippen LogP) is 3.32. The normalized spacial score (nSPS) is 28.4. The topological polar surface area (TPSA) is 35.5 Å². The third kappa shape index (κ3) is 2.11. The van der Waals surface area contributed by atoms with Crippen molar-refractivity contribution in [1.82, 2.24) is 0 Å². The van der Waals surface area contributed by atoms with E-state index in [9.17, 15) is 4.79 Å². The molecule has 2 aliphatic carbocycles. The number of Topliss-reactive ketones (excluding diaryl/α,β-unsaturated/α-hetero) is 1. The molecule has 3 rings (SSSR count). The molecule has 0 bridgehead atoms. The fourth-order valence-electron chi connectivity index (χ4n) is 3.56. The van der Waals surface area contributed by atoms with E-state index in [-0.39, 0.29) is 11.7 Å². The Labute approximate surface area is 113 Å². The van der Waals surface area contributed by atoms with Crippen LogP contribution < -0.4 is 9.47 Å². The van der Waals surface area contributed by atoms with Crippen LogP contribution in [-0.2, 0) is 0 Å². The average Bonchev–Trinajstić information content (AvgIpc) is 3.20. The van der Waals surface area contributed by atoms with Crippen molar-refractivity contribution in [2.45, 2.75) is 25.7 Å². The van der Waals surface area contributed by atoms with Crippen molar-refractivity contribution in [2.24, 2.45) is 17.8 Å². The Balaban J connectivity index is 1.80. The first-order valence-corrected chi connectivity index (χ1v) is 7.02. The molecule has 0 aromatic heterocycles. The van der Waals surface area contributed by atoms with Crippen LogP contribution in [0, 0.1) is 17.8 Å². The van der Waals surface area contributed by atoms with E-state index in [4.69, 9.17) is 9.47 Å². The number of benzene rings is 1. The Hall–Kier alpha value is -1.51. The van der Waals surface area contributed by atoms with Crippen molar-refractivity contribution in [3.8, 4) is 11.5 Å². The molecule has 3 heteroatoms. The second kappa shape index (κ2) is 4.87. The number of hydrogen-bond acceptors (Lipinski definition) is 3. The first kappa shape index (κ1) is 12.5. The highest BCUT2D eigenvalue weighted by Gasteiger charge is 2.54. The quantitative estimate of drug-likeness (QED) is 0.779. The molecule has 0 N–H and O–H groups in total. The maximum Gasteiger partial charge on any atom is 0.166 e. The van der Waals surface area contributed by atoms with E-state index in [2.05, 4.69) is 0 Å². The lowest BCUT2D eigenvalue weighted by atomic mass is 10.0. The second-order valence-electron chi connectivity index (χ2n) is 5.57. The van der Waals surface area contributed by atoms with Gasteiger partial charge in [0.2, 0.25) is 0 Å². The van der Waals surface area contributed by atoms with Crippen molar-refractivity contribution < 1.29 is 14.3 Å². The van der Waals surface area contributed by atoms with E-state index in [1.807, 2.05) is 18.2 Å². The van der Waals surface area contributed by atoms with Gasteiger partial charge in [0.25, 0.3) is 0 Å². The molecule has 1 aromatic carbocycles. The van der Waals surface area contributed by atoms with Gasteiger partial charge in [-0.05, 0) is 42.9 Å². The maximum atomic E-state index is 12.5. The highest BCUT2D eigenvalue weighted by molar-refractivity contribution is 6.00. The van der Waals surface area contributed by atoms with E-state index in [1.165, 1.54) is 25.7 Å². The number of ether oxygens (including phenoxy) is 2. The third-order valence-electron chi connectivity index (χ3n) is 4.63. The highest BCUT2D eigenvalue weighted by Crippen LogP contribution is 2.56. The number of methoxy groups -OCH3 is 2. The first-order valence-electron chi connectivity index (χ1n) is 7.02. The summed E-state index contributed by atoms with van der Waals surface area (Å²) in [5.41, 5.74) is 0.761. The minimum absolute atomic E-state index is 0.264. The molecule has 0 aliphatic heterocycles. The molecule has 2 aliphatic rings. The van der Waals surface area contributed by atoms with E-state index in [1.54, 1.807) is 14.2 Å². The van der Waals surface area contributed by atoms with Crippen LogP contribution >= 0.6 is 0 Å². The molecule has 0 radical (unpaired) electrons. The lowest BCUT2D eigenvalue weighted by molar-refractivity contribution is 0.0956. The molecule has 102 valence electrons. The molecular weight excluding hydrogens is 240 g/mol. The molecule has 0 heterocycles. The van der Waals surface area contributed by atoms with Crippen LogP contribution in [0.25, 0.3) is 0 Å². The zero-order chi connectivity index (χ0) is 13.4. The van der Waals surface area contributed by atoms with Crippen molar-refractivity contribution in [2.75, 3.05) is 14.2 Å². The molecule has 0 amide bonds. The van der Waals surface area contributed by atoms with Gasteiger partial charge in [0.05, 0.1) is 14.2 Å². The lowest BCUT2D eigenvalue weighted by Gasteiger charge is -2.09. The molecule has 1 aromatic rings. The van der Waals surface area contributed by atoms with E-state index in [0.717, 1.165) is 5.56 Å². The Bertz CT molecular complexity index is 483. The van der Waals surface area contributed by atoms with E-state index < -0.39 is 0 Å². The monoisotopic (exact) mass is 260 g/mol. The van der Waals surface area contributed by atoms with E-state index >= 15 is 0 Å². The van der Waals surface area contributed by atoms with Crippen LogP contribution in [0.2, 0.25) is 0 Å². The minimum Gasteiger partial charge on any atom is -0.493 e. The van der Waals surface area contributed by atoms with Crippen molar-refractivity contribution in [3.63, 3.8) is 0 Å². The number of fused-ring (bicyclic) bond motifs is 1. The van der Waals surface area contributed by atoms with Crippen LogP contribution in [0.1, 0.15) is 36.0 Å². The van der Waals surface area contributed by atoms with Gasteiger partial charge in [0, 0.05) is 11.5 Å². The molecule has 3 nitrogen and oxygen atoms in total. The van der Waals surface area contributed by atoms with Crippen LogP contribution in [0.3, 0.4) is 0 Å². The Morgan fingerprint density at radius 3 is 2.26 bits per heavy atom. The van der Waals surface area contributed by atoms with Crippen LogP contribution in [0.4, 0.5) is 0 Å². The van der Waals surface area contributed by atoms with Crippen LogP contribution in [-0.4, -0.2) is 20.0 Å². The molecule has 2 atom stereocenters. The summed E-state index contributed by atoms with van der Waals surface area (Å²) in [6.07, 6.45) is 5.04. The Kier molecular flexibility index (Phi) is 3.21. The van der Waals surface area contributed by atoms with Gasteiger partial charge in [-0.3, -0.25) is 4.79 Å². The van der Waals surface area contributed by atoms with Crippen molar-refractivity contribution >= 4 is 5.78 Å². The molecule has 2 fully saturated rings. The molecule has 2 unspecified atom stereocenters. The zero-order valence-corrected chi connectivity index (χ0v) is 11.5. The molecule has 19 heavy (non-hydrogen) atoms. The Morgan fingerprint density at radius 1 is 1.05 bits per heavy atom. The van der Waals surface area contributed by atoms with Gasteiger partial charge >= 0.3 is 0 Å². The van der Waals surface area contributed by atoms with Gasteiger partial charge in [0.1, 0.15) is 0 Å². The fraction of sp³-hybridized carbons (Fsp3) is 0.562. The van der Waals surface area contributed by atoms with Gasteiger partial charge in [0.15, 0.2) is 17.3 Å². The highest BCUT2D eigenvalue weighted by atomic mass is 16.5. The summed E-state index contributed by atoms with van der Waals surface area (Å²) in [4.78, 5) is 12.5. The van der Waals surface area contributed by atoms with Crippen LogP contribution in [0.5, 0.6) is 11.5 Å². The van der Waals surface area contributed by atoms with Crippen molar-refractivity contribution in [1.29, 1.82) is 0 Å². The summed E-state index contributed by atoms with van der Waals surface area (Å²) in [6.45, 7) is 0. The van der Waals surface area contributed by atoms with Crippen molar-refractivity contribution in [3.05, 3.63) is 23.8 Å². The first-order chi connectivity index (χ1) is 9.26. The van der Waals surface area contributed by atoms with Gasteiger partial charge in [-0.1, -0.05) is 12.8 Å². The fourth-order valence-corrected chi connectivity index (χ4v) is 3.56. The predicted molar refractivity (Wildman–Crippen MR) is 72.8 cm³/mol. The van der Waals surface area contributed by atoms with Gasteiger partial charge in [-0.15, -0.1) is 0 Å². The average molecular weight is 260 g/mol. The summed E-state index contributed by atoms with van der Waals surface area (Å²) in [5.74, 6) is 3.16. The smallest absolute Gasteiger partial charge is 0.166 e. The number of carbonyl (C=O) groups is 1. The van der Waals surface area contributed by atoms with Crippen LogP contribution in [0.15, 0.2) is 18.2 Å². The standard InChI is InChI=1S/C16H20O3/c1-18-13-8-7-10(9-14(13)19-2)16(17)15-11-5-3-4-6-12(11)15/h7-9,11-12,15H,3-6H2,1-2H3. The van der Waals surface area contributed by atoms with Gasteiger partial charge in [-0.2, -0.15) is 0 Å². The van der Waals surface area contributed by atoms with E-state index in [0.29, 0.717) is 23.3 Å². The largest absolute Gasteiger partial charge is 0.493 e. The summed E-state index contributed by atoms with van der Waals surface area (Å²) in [5, 5.41) is 0. The number of rotatable bonds is 4. The lowest BCUT2D eigenvalue weighted by Crippen LogP contribution is -2.05. The minimum atomic E-state index is 0.264. The summed E-state index contributed by atoms with van der Waals surface area (Å²) in [7, 11) is 3.21. The SMILES string of the molecule is COc1ccc(C(=O)C2C3CCCCC32)cc1OC. The zero-order valence-electron chi connectivity index (χ0n) is 11.5. The third-order valence-corrected chi connectivity index (χ3v) is 4.63. The number of carbonyl (C=O) groups excluding carboxylic acids is 1. The molecule has 0 spiro atoms. The molecule has 2 saturated carbocycles. The maximum absolute atomic E-state index is 12.5. The molecular formula is C16H20O3.